The standard InChI is InChI=1S/C17H25BrFN/c1-3-6-20-17(14-5-4-12(2)7-14)10-13-8-15(18)11-16(19)9-13/h8-9,11-12,14,17,20H,3-7,10H2,1-2H3. The van der Waals surface area contributed by atoms with Gasteiger partial charge in [0.1, 0.15) is 5.82 Å². The maximum absolute atomic E-state index is 13.5. The van der Waals surface area contributed by atoms with E-state index in [0.717, 1.165) is 41.3 Å². The number of benzene rings is 1. The molecule has 0 heterocycles. The van der Waals surface area contributed by atoms with Crippen LogP contribution >= 0.6 is 15.9 Å². The fourth-order valence-electron chi connectivity index (χ4n) is 3.33. The lowest BCUT2D eigenvalue weighted by molar-refractivity contribution is 0.348. The van der Waals surface area contributed by atoms with Crippen LogP contribution in [0.5, 0.6) is 0 Å². The Balaban J connectivity index is 2.06. The summed E-state index contributed by atoms with van der Waals surface area (Å²) in [5.74, 6) is 1.42. The molecule has 1 aliphatic rings. The van der Waals surface area contributed by atoms with Crippen LogP contribution in [-0.2, 0) is 6.42 Å². The minimum Gasteiger partial charge on any atom is -0.313 e. The van der Waals surface area contributed by atoms with E-state index in [9.17, 15) is 4.39 Å². The van der Waals surface area contributed by atoms with E-state index in [1.165, 1.54) is 25.3 Å². The Hall–Kier alpha value is -0.410. The fourth-order valence-corrected chi connectivity index (χ4v) is 3.85. The summed E-state index contributed by atoms with van der Waals surface area (Å²) in [5.41, 5.74) is 1.09. The molecule has 1 nitrogen and oxygen atoms in total. The molecular weight excluding hydrogens is 317 g/mol. The molecule has 0 bridgehead atoms. The van der Waals surface area contributed by atoms with Crippen LogP contribution < -0.4 is 5.32 Å². The van der Waals surface area contributed by atoms with Gasteiger partial charge in [-0.15, -0.1) is 0 Å². The second kappa shape index (κ2) is 7.56. The molecule has 0 radical (unpaired) electrons. The lowest BCUT2D eigenvalue weighted by Gasteiger charge is -2.25. The molecule has 0 saturated heterocycles. The highest BCUT2D eigenvalue weighted by Crippen LogP contribution is 2.34. The maximum atomic E-state index is 13.5. The number of halogens is 2. The van der Waals surface area contributed by atoms with E-state index >= 15 is 0 Å². The summed E-state index contributed by atoms with van der Waals surface area (Å²) in [5, 5.41) is 3.68. The van der Waals surface area contributed by atoms with Gasteiger partial charge in [0.25, 0.3) is 0 Å². The zero-order valence-electron chi connectivity index (χ0n) is 12.5. The van der Waals surface area contributed by atoms with Gasteiger partial charge in [-0.1, -0.05) is 36.2 Å². The van der Waals surface area contributed by atoms with Crippen molar-refractivity contribution in [2.45, 2.75) is 52.0 Å². The molecule has 1 fully saturated rings. The van der Waals surface area contributed by atoms with Crippen LogP contribution in [0.15, 0.2) is 22.7 Å². The van der Waals surface area contributed by atoms with E-state index < -0.39 is 0 Å². The summed E-state index contributed by atoms with van der Waals surface area (Å²) in [7, 11) is 0. The molecule has 2 rings (SSSR count). The molecule has 1 aliphatic carbocycles. The van der Waals surface area contributed by atoms with Gasteiger partial charge in [-0.3, -0.25) is 0 Å². The third-order valence-electron chi connectivity index (χ3n) is 4.34. The average Bonchev–Trinajstić information content (AvgIpc) is 2.80. The van der Waals surface area contributed by atoms with Gasteiger partial charge in [0, 0.05) is 10.5 Å². The van der Waals surface area contributed by atoms with Gasteiger partial charge in [0.2, 0.25) is 0 Å². The Kier molecular flexibility index (Phi) is 6.03. The van der Waals surface area contributed by atoms with Crippen molar-refractivity contribution in [3.05, 3.63) is 34.1 Å². The first-order chi connectivity index (χ1) is 9.58. The third-order valence-corrected chi connectivity index (χ3v) is 4.80. The minimum absolute atomic E-state index is 0.150. The Morgan fingerprint density at radius 2 is 2.15 bits per heavy atom. The number of nitrogens with one attached hydrogen (secondary N) is 1. The number of rotatable bonds is 6. The minimum atomic E-state index is -0.150. The third kappa shape index (κ3) is 4.56. The number of hydrogen-bond acceptors (Lipinski definition) is 1. The molecule has 0 spiro atoms. The van der Waals surface area contributed by atoms with Crippen LogP contribution in [0, 0.1) is 17.7 Å². The first-order valence-corrected chi connectivity index (χ1v) is 8.56. The molecule has 1 aromatic carbocycles. The second-order valence-corrected chi connectivity index (χ2v) is 7.14. The lowest BCUT2D eigenvalue weighted by Crippen LogP contribution is -2.37. The second-order valence-electron chi connectivity index (χ2n) is 6.22. The largest absolute Gasteiger partial charge is 0.313 e. The molecule has 1 aromatic rings. The highest BCUT2D eigenvalue weighted by atomic mass is 79.9. The molecular formula is C17H25BrFN. The van der Waals surface area contributed by atoms with Gasteiger partial charge in [0.05, 0.1) is 0 Å². The van der Waals surface area contributed by atoms with Gasteiger partial charge in [-0.2, -0.15) is 0 Å². The van der Waals surface area contributed by atoms with Crippen molar-refractivity contribution in [1.82, 2.24) is 5.32 Å². The zero-order valence-corrected chi connectivity index (χ0v) is 14.0. The first kappa shape index (κ1) is 16.0. The average molecular weight is 342 g/mol. The van der Waals surface area contributed by atoms with Crippen LogP contribution in [0.25, 0.3) is 0 Å². The Morgan fingerprint density at radius 3 is 2.75 bits per heavy atom. The van der Waals surface area contributed by atoms with Crippen molar-refractivity contribution in [1.29, 1.82) is 0 Å². The van der Waals surface area contributed by atoms with Crippen molar-refractivity contribution in [2.24, 2.45) is 11.8 Å². The van der Waals surface area contributed by atoms with E-state index in [-0.39, 0.29) is 5.82 Å². The smallest absolute Gasteiger partial charge is 0.124 e. The summed E-state index contributed by atoms with van der Waals surface area (Å²) in [6.45, 7) is 5.59. The van der Waals surface area contributed by atoms with E-state index in [0.29, 0.717) is 6.04 Å². The monoisotopic (exact) mass is 341 g/mol. The number of hydrogen-bond donors (Lipinski definition) is 1. The summed E-state index contributed by atoms with van der Waals surface area (Å²) < 4.78 is 14.4. The Morgan fingerprint density at radius 1 is 1.35 bits per heavy atom. The van der Waals surface area contributed by atoms with Crippen LogP contribution in [0.4, 0.5) is 4.39 Å². The highest BCUT2D eigenvalue weighted by molar-refractivity contribution is 9.10. The maximum Gasteiger partial charge on any atom is 0.124 e. The molecule has 1 saturated carbocycles. The van der Waals surface area contributed by atoms with E-state index in [2.05, 4.69) is 35.1 Å². The summed E-state index contributed by atoms with van der Waals surface area (Å²) in [6.07, 6.45) is 6.01. The summed E-state index contributed by atoms with van der Waals surface area (Å²) >= 11 is 3.39. The van der Waals surface area contributed by atoms with Gasteiger partial charge >= 0.3 is 0 Å². The van der Waals surface area contributed by atoms with Crippen LogP contribution in [-0.4, -0.2) is 12.6 Å². The quantitative estimate of drug-likeness (QED) is 0.772. The van der Waals surface area contributed by atoms with Crippen LogP contribution in [0.3, 0.4) is 0 Å². The van der Waals surface area contributed by atoms with Crippen molar-refractivity contribution in [3.8, 4) is 0 Å². The van der Waals surface area contributed by atoms with Crippen molar-refractivity contribution in [2.75, 3.05) is 6.54 Å². The molecule has 1 N–H and O–H groups in total. The SMILES string of the molecule is CCCNC(Cc1cc(F)cc(Br)c1)C1CCC(C)C1. The topological polar surface area (TPSA) is 12.0 Å². The molecule has 3 unspecified atom stereocenters. The van der Waals surface area contributed by atoms with E-state index in [4.69, 9.17) is 0 Å². The predicted octanol–water partition coefficient (Wildman–Crippen LogP) is 4.94. The fraction of sp³-hybridized carbons (Fsp3) is 0.647. The summed E-state index contributed by atoms with van der Waals surface area (Å²) in [6, 6.07) is 5.72. The van der Waals surface area contributed by atoms with E-state index in [1.54, 1.807) is 6.07 Å². The Bertz CT molecular complexity index is 415. The molecule has 112 valence electrons. The normalized spacial score (nSPS) is 24.0. The van der Waals surface area contributed by atoms with Crippen LogP contribution in [0.1, 0.15) is 45.1 Å². The van der Waals surface area contributed by atoms with Crippen LogP contribution in [0.2, 0.25) is 0 Å². The van der Waals surface area contributed by atoms with Gasteiger partial charge < -0.3 is 5.32 Å². The molecule has 0 aromatic heterocycles. The van der Waals surface area contributed by atoms with Gasteiger partial charge in [-0.05, 0) is 67.8 Å². The molecule has 3 heteroatoms. The summed E-state index contributed by atoms with van der Waals surface area (Å²) in [4.78, 5) is 0. The first-order valence-electron chi connectivity index (χ1n) is 7.76. The molecule has 0 amide bonds. The molecule has 3 atom stereocenters. The van der Waals surface area contributed by atoms with Crippen molar-refractivity contribution < 1.29 is 4.39 Å². The van der Waals surface area contributed by atoms with Gasteiger partial charge in [0.15, 0.2) is 0 Å². The Labute approximate surface area is 130 Å². The zero-order chi connectivity index (χ0) is 14.5. The highest BCUT2D eigenvalue weighted by Gasteiger charge is 2.28. The lowest BCUT2D eigenvalue weighted by atomic mass is 9.91. The molecule has 0 aliphatic heterocycles. The van der Waals surface area contributed by atoms with Crippen molar-refractivity contribution in [3.63, 3.8) is 0 Å². The molecule has 20 heavy (non-hydrogen) atoms. The van der Waals surface area contributed by atoms with Crippen molar-refractivity contribution >= 4 is 15.9 Å². The predicted molar refractivity (Wildman–Crippen MR) is 86.4 cm³/mol. The van der Waals surface area contributed by atoms with E-state index in [1.807, 2.05) is 6.07 Å². The van der Waals surface area contributed by atoms with Gasteiger partial charge in [-0.25, -0.2) is 4.39 Å².